The second-order valence-electron chi connectivity index (χ2n) is 7.56. The summed E-state index contributed by atoms with van der Waals surface area (Å²) >= 11 is 1.77. The Kier molecular flexibility index (Phi) is 9.28. The first kappa shape index (κ1) is 22.4. The fourth-order valence-corrected chi connectivity index (χ4v) is 4.45. The number of aryl methyl sites for hydroxylation is 1. The number of ether oxygens (including phenoxy) is 1. The third kappa shape index (κ3) is 7.20. The molecule has 1 aliphatic rings. The molecular weight excluding hydrogens is 394 g/mol. The molecule has 0 atom stereocenters. The maximum atomic E-state index is 5.21. The lowest BCUT2D eigenvalue weighted by molar-refractivity contribution is 0.414. The largest absolute Gasteiger partial charge is 0.497 e. The van der Waals surface area contributed by atoms with Crippen LogP contribution in [0.4, 0.5) is 5.13 Å². The number of nitrogens with zero attached hydrogens (tertiary/aromatic N) is 3. The summed E-state index contributed by atoms with van der Waals surface area (Å²) < 4.78 is 5.21. The summed E-state index contributed by atoms with van der Waals surface area (Å²) in [4.78, 5) is 11.9. The highest BCUT2D eigenvalue weighted by Crippen LogP contribution is 2.24. The van der Waals surface area contributed by atoms with Gasteiger partial charge in [0.2, 0.25) is 0 Å². The number of methoxy groups -OCH3 is 1. The highest BCUT2D eigenvalue weighted by atomic mass is 32.1. The number of guanidine groups is 1. The van der Waals surface area contributed by atoms with E-state index in [1.165, 1.54) is 29.2 Å². The van der Waals surface area contributed by atoms with Gasteiger partial charge in [-0.05, 0) is 56.7 Å². The molecule has 0 amide bonds. The molecule has 30 heavy (non-hydrogen) atoms. The van der Waals surface area contributed by atoms with Crippen molar-refractivity contribution >= 4 is 22.4 Å². The number of aliphatic imine (C=N–C) groups is 1. The maximum Gasteiger partial charge on any atom is 0.191 e. The first-order valence-corrected chi connectivity index (χ1v) is 12.0. The molecule has 1 aromatic heterocycles. The van der Waals surface area contributed by atoms with E-state index in [9.17, 15) is 0 Å². The highest BCUT2D eigenvalue weighted by Gasteiger charge is 2.15. The fraction of sp³-hybridized carbons (Fsp3) is 0.565. The van der Waals surface area contributed by atoms with Crippen LogP contribution in [-0.4, -0.2) is 50.8 Å². The number of hydrogen-bond donors (Lipinski definition) is 2. The minimum atomic E-state index is 0.835. The Morgan fingerprint density at radius 2 is 1.93 bits per heavy atom. The third-order valence-corrected chi connectivity index (χ3v) is 6.19. The molecule has 1 aliphatic heterocycles. The van der Waals surface area contributed by atoms with E-state index in [0.29, 0.717) is 0 Å². The second-order valence-corrected chi connectivity index (χ2v) is 8.39. The van der Waals surface area contributed by atoms with Gasteiger partial charge in [-0.15, -0.1) is 11.3 Å². The Hall–Kier alpha value is -2.28. The predicted octanol–water partition coefficient (Wildman–Crippen LogP) is 3.87. The van der Waals surface area contributed by atoms with Crippen molar-refractivity contribution in [3.05, 3.63) is 40.9 Å². The van der Waals surface area contributed by atoms with Gasteiger partial charge in [-0.1, -0.05) is 12.1 Å². The van der Waals surface area contributed by atoms with Gasteiger partial charge >= 0.3 is 0 Å². The molecule has 0 spiro atoms. The van der Waals surface area contributed by atoms with E-state index < -0.39 is 0 Å². The van der Waals surface area contributed by atoms with Crippen LogP contribution in [0.1, 0.15) is 43.9 Å². The summed E-state index contributed by atoms with van der Waals surface area (Å²) in [6.45, 7) is 6.96. The maximum absolute atomic E-state index is 5.21. The van der Waals surface area contributed by atoms with Gasteiger partial charge in [0.25, 0.3) is 0 Å². The summed E-state index contributed by atoms with van der Waals surface area (Å²) in [5, 5.41) is 10.2. The Morgan fingerprint density at radius 3 is 2.67 bits per heavy atom. The molecule has 2 aromatic rings. The minimum Gasteiger partial charge on any atom is -0.497 e. The Morgan fingerprint density at radius 1 is 1.13 bits per heavy atom. The van der Waals surface area contributed by atoms with Crippen molar-refractivity contribution in [1.29, 1.82) is 0 Å². The SMILES string of the molecule is CCNC(=NCCCCc1ccc(OC)cc1)NCCc1csc(N2CCCC2)n1. The van der Waals surface area contributed by atoms with E-state index in [1.807, 2.05) is 12.1 Å². The van der Waals surface area contributed by atoms with Crippen LogP contribution in [-0.2, 0) is 12.8 Å². The van der Waals surface area contributed by atoms with Crippen LogP contribution in [0, 0.1) is 0 Å². The Bertz CT molecular complexity index is 768. The van der Waals surface area contributed by atoms with E-state index >= 15 is 0 Å². The van der Waals surface area contributed by atoms with Gasteiger partial charge in [0.1, 0.15) is 5.75 Å². The molecule has 1 aromatic carbocycles. The summed E-state index contributed by atoms with van der Waals surface area (Å²) in [6, 6.07) is 8.33. The second kappa shape index (κ2) is 12.4. The van der Waals surface area contributed by atoms with Crippen LogP contribution in [0.5, 0.6) is 5.75 Å². The number of unbranched alkanes of at least 4 members (excludes halogenated alkanes) is 1. The van der Waals surface area contributed by atoms with Gasteiger partial charge in [-0.25, -0.2) is 4.98 Å². The van der Waals surface area contributed by atoms with Crippen LogP contribution in [0.3, 0.4) is 0 Å². The van der Waals surface area contributed by atoms with Crippen LogP contribution >= 0.6 is 11.3 Å². The number of hydrogen-bond acceptors (Lipinski definition) is 5. The summed E-state index contributed by atoms with van der Waals surface area (Å²) in [5.74, 6) is 1.81. The molecule has 1 fully saturated rings. The van der Waals surface area contributed by atoms with E-state index in [4.69, 9.17) is 14.7 Å². The first-order valence-electron chi connectivity index (χ1n) is 11.1. The topological polar surface area (TPSA) is 61.8 Å². The average molecular weight is 430 g/mol. The van der Waals surface area contributed by atoms with Crippen LogP contribution < -0.4 is 20.3 Å². The lowest BCUT2D eigenvalue weighted by Crippen LogP contribution is -2.38. The molecule has 6 nitrogen and oxygen atoms in total. The van der Waals surface area contributed by atoms with E-state index in [2.05, 4.69) is 40.0 Å². The van der Waals surface area contributed by atoms with Crippen LogP contribution in [0.25, 0.3) is 0 Å². The predicted molar refractivity (Wildman–Crippen MR) is 127 cm³/mol. The Labute approximate surface area is 184 Å². The van der Waals surface area contributed by atoms with Gasteiger partial charge in [0.15, 0.2) is 11.1 Å². The Balaban J connectivity index is 1.35. The van der Waals surface area contributed by atoms with Crippen molar-refractivity contribution in [2.75, 3.05) is 44.7 Å². The van der Waals surface area contributed by atoms with Crippen molar-refractivity contribution in [3.8, 4) is 5.75 Å². The summed E-state index contributed by atoms with van der Waals surface area (Å²) in [5.41, 5.74) is 2.52. The van der Waals surface area contributed by atoms with Gasteiger partial charge in [-0.3, -0.25) is 4.99 Å². The van der Waals surface area contributed by atoms with Crippen molar-refractivity contribution in [1.82, 2.24) is 15.6 Å². The van der Waals surface area contributed by atoms with Crippen molar-refractivity contribution in [2.45, 2.75) is 45.4 Å². The van der Waals surface area contributed by atoms with Crippen molar-refractivity contribution in [3.63, 3.8) is 0 Å². The standard InChI is InChI=1S/C23H35N5OS/c1-3-24-22(25-14-5-4-8-19-9-11-21(29-2)12-10-19)26-15-13-20-18-30-23(27-20)28-16-6-7-17-28/h9-12,18H,3-8,13-17H2,1-2H3,(H2,24,25,26). The third-order valence-electron chi connectivity index (χ3n) is 5.24. The molecule has 0 unspecified atom stereocenters. The molecule has 1 saturated heterocycles. The number of thiazole rings is 1. The molecule has 7 heteroatoms. The number of anilines is 1. The quantitative estimate of drug-likeness (QED) is 0.323. The molecule has 164 valence electrons. The van der Waals surface area contributed by atoms with Gasteiger partial charge in [-0.2, -0.15) is 0 Å². The lowest BCUT2D eigenvalue weighted by atomic mass is 10.1. The monoisotopic (exact) mass is 429 g/mol. The molecule has 3 rings (SSSR count). The van der Waals surface area contributed by atoms with E-state index in [0.717, 1.165) is 70.1 Å². The normalized spacial score (nSPS) is 14.2. The zero-order valence-corrected chi connectivity index (χ0v) is 19.1. The molecule has 0 bridgehead atoms. The van der Waals surface area contributed by atoms with Gasteiger partial charge in [0.05, 0.1) is 12.8 Å². The zero-order chi connectivity index (χ0) is 21.0. The highest BCUT2D eigenvalue weighted by molar-refractivity contribution is 7.13. The first-order chi connectivity index (χ1) is 14.8. The van der Waals surface area contributed by atoms with E-state index in [1.54, 1.807) is 18.4 Å². The number of nitrogens with one attached hydrogen (secondary N) is 2. The molecular formula is C23H35N5OS. The van der Waals surface area contributed by atoms with Crippen molar-refractivity contribution in [2.24, 2.45) is 4.99 Å². The van der Waals surface area contributed by atoms with E-state index in [-0.39, 0.29) is 0 Å². The summed E-state index contributed by atoms with van der Waals surface area (Å²) in [7, 11) is 1.70. The summed E-state index contributed by atoms with van der Waals surface area (Å²) in [6.07, 6.45) is 6.79. The lowest BCUT2D eigenvalue weighted by Gasteiger charge is -2.12. The number of aromatic nitrogens is 1. The van der Waals surface area contributed by atoms with Gasteiger partial charge in [0, 0.05) is 44.5 Å². The molecule has 2 heterocycles. The van der Waals surface area contributed by atoms with Crippen molar-refractivity contribution < 1.29 is 4.74 Å². The molecule has 0 radical (unpaired) electrons. The van der Waals surface area contributed by atoms with Gasteiger partial charge < -0.3 is 20.3 Å². The zero-order valence-electron chi connectivity index (χ0n) is 18.3. The molecule has 2 N–H and O–H groups in total. The van der Waals surface area contributed by atoms with Crippen LogP contribution in [0.2, 0.25) is 0 Å². The fourth-order valence-electron chi connectivity index (χ4n) is 3.54. The smallest absolute Gasteiger partial charge is 0.191 e. The number of benzene rings is 1. The average Bonchev–Trinajstić information content (AvgIpc) is 3.46. The van der Waals surface area contributed by atoms with Crippen LogP contribution in [0.15, 0.2) is 34.6 Å². The minimum absolute atomic E-state index is 0.835. The molecule has 0 saturated carbocycles. The molecule has 0 aliphatic carbocycles. The number of rotatable bonds is 11.